The largest absolute Gasteiger partial charge is 0.354 e. The van der Waals surface area contributed by atoms with Crippen LogP contribution in [-0.2, 0) is 4.79 Å². The van der Waals surface area contributed by atoms with Crippen molar-refractivity contribution in [2.24, 2.45) is 0 Å². The van der Waals surface area contributed by atoms with Crippen LogP contribution in [0.4, 0.5) is 0 Å². The number of hydroxylamine groups is 2. The summed E-state index contributed by atoms with van der Waals surface area (Å²) in [6.45, 7) is 9.62. The van der Waals surface area contributed by atoms with Crippen LogP contribution in [-0.4, -0.2) is 33.3 Å². The van der Waals surface area contributed by atoms with Gasteiger partial charge in [0.15, 0.2) is 0 Å². The average molecular weight is 228 g/mol. The molecular formula is C12H24N2O2. The van der Waals surface area contributed by atoms with Gasteiger partial charge in [0.1, 0.15) is 0 Å². The first-order valence-corrected chi connectivity index (χ1v) is 5.91. The van der Waals surface area contributed by atoms with E-state index >= 15 is 0 Å². The van der Waals surface area contributed by atoms with Crippen LogP contribution in [0.2, 0.25) is 0 Å². The number of carbonyl (C=O) groups is 1. The van der Waals surface area contributed by atoms with Crippen molar-refractivity contribution in [2.45, 2.75) is 71.0 Å². The standard InChI is InChI=1S/C12H24N2O2/c1-9(15)13-10-6-7-11(2,3)14(16)12(4,5)8-10/h10,16H,6-8H2,1-5H3,(H,13,15). The molecule has 1 aliphatic rings. The molecule has 0 spiro atoms. The lowest BCUT2D eigenvalue weighted by atomic mass is 9.94. The van der Waals surface area contributed by atoms with E-state index in [2.05, 4.69) is 5.32 Å². The number of nitrogens with one attached hydrogen (secondary N) is 1. The molecule has 2 N–H and O–H groups in total. The first-order chi connectivity index (χ1) is 7.15. The van der Waals surface area contributed by atoms with E-state index in [-0.39, 0.29) is 23.0 Å². The molecule has 1 atom stereocenters. The molecule has 4 nitrogen and oxygen atoms in total. The maximum atomic E-state index is 11.1. The molecule has 0 aromatic carbocycles. The maximum absolute atomic E-state index is 11.1. The fraction of sp³-hybridized carbons (Fsp3) is 0.917. The van der Waals surface area contributed by atoms with Crippen molar-refractivity contribution in [3.05, 3.63) is 0 Å². The van der Waals surface area contributed by atoms with E-state index in [0.717, 1.165) is 19.3 Å². The quantitative estimate of drug-likeness (QED) is 0.721. The van der Waals surface area contributed by atoms with Crippen LogP contribution in [0.1, 0.15) is 53.9 Å². The predicted octanol–water partition coefficient (Wildman–Crippen LogP) is 1.92. The molecule has 94 valence electrons. The summed E-state index contributed by atoms with van der Waals surface area (Å²) in [5, 5.41) is 14.6. The van der Waals surface area contributed by atoms with Crippen LogP contribution in [0, 0.1) is 0 Å². The lowest BCUT2D eigenvalue weighted by molar-refractivity contribution is -0.221. The molecule has 1 rings (SSSR count). The molecule has 1 aliphatic heterocycles. The van der Waals surface area contributed by atoms with Crippen LogP contribution in [0.25, 0.3) is 0 Å². The van der Waals surface area contributed by atoms with Gasteiger partial charge in [0.05, 0.1) is 0 Å². The average Bonchev–Trinajstić information content (AvgIpc) is 2.17. The van der Waals surface area contributed by atoms with Crippen molar-refractivity contribution in [3.8, 4) is 0 Å². The van der Waals surface area contributed by atoms with E-state index in [1.165, 1.54) is 5.06 Å². The van der Waals surface area contributed by atoms with Crippen molar-refractivity contribution in [1.82, 2.24) is 10.4 Å². The molecule has 1 saturated heterocycles. The van der Waals surface area contributed by atoms with Crippen LogP contribution in [0.5, 0.6) is 0 Å². The molecule has 4 heteroatoms. The van der Waals surface area contributed by atoms with Gasteiger partial charge in [-0.25, -0.2) is 0 Å². The van der Waals surface area contributed by atoms with Crippen LogP contribution in [0.15, 0.2) is 0 Å². The number of carbonyl (C=O) groups excluding carboxylic acids is 1. The van der Waals surface area contributed by atoms with Crippen LogP contribution in [0.3, 0.4) is 0 Å². The number of amides is 1. The fourth-order valence-corrected chi connectivity index (χ4v) is 2.65. The highest BCUT2D eigenvalue weighted by Gasteiger charge is 2.41. The van der Waals surface area contributed by atoms with Gasteiger partial charge >= 0.3 is 0 Å². The summed E-state index contributed by atoms with van der Waals surface area (Å²) in [6, 6.07) is 0.156. The zero-order chi connectivity index (χ0) is 12.6. The van der Waals surface area contributed by atoms with Gasteiger partial charge in [-0.2, -0.15) is 5.06 Å². The minimum Gasteiger partial charge on any atom is -0.354 e. The van der Waals surface area contributed by atoms with Gasteiger partial charge in [-0.3, -0.25) is 4.79 Å². The smallest absolute Gasteiger partial charge is 0.217 e. The van der Waals surface area contributed by atoms with Crippen molar-refractivity contribution in [2.75, 3.05) is 0 Å². The zero-order valence-corrected chi connectivity index (χ0v) is 11.0. The fourth-order valence-electron chi connectivity index (χ4n) is 2.65. The molecule has 0 aromatic heterocycles. The van der Waals surface area contributed by atoms with E-state index in [1.54, 1.807) is 6.92 Å². The molecule has 0 bridgehead atoms. The Balaban J connectivity index is 2.83. The minimum atomic E-state index is -0.312. The lowest BCUT2D eigenvalue weighted by Gasteiger charge is -2.42. The van der Waals surface area contributed by atoms with E-state index < -0.39 is 0 Å². The highest BCUT2D eigenvalue weighted by atomic mass is 16.5. The molecule has 0 aromatic rings. The van der Waals surface area contributed by atoms with E-state index in [0.29, 0.717) is 0 Å². The number of hydrogen-bond acceptors (Lipinski definition) is 3. The zero-order valence-electron chi connectivity index (χ0n) is 11.0. The SMILES string of the molecule is CC(=O)NC1CCC(C)(C)N(O)C(C)(C)C1. The van der Waals surface area contributed by atoms with Crippen molar-refractivity contribution >= 4 is 5.91 Å². The van der Waals surface area contributed by atoms with Gasteiger partial charge in [0, 0.05) is 24.0 Å². The molecule has 16 heavy (non-hydrogen) atoms. The molecule has 0 aliphatic carbocycles. The minimum absolute atomic E-state index is 0.00463. The van der Waals surface area contributed by atoms with Crippen molar-refractivity contribution < 1.29 is 10.0 Å². The summed E-state index contributed by atoms with van der Waals surface area (Å²) in [7, 11) is 0. The molecule has 1 unspecified atom stereocenters. The molecule has 0 saturated carbocycles. The second-order valence-electron chi connectivity index (χ2n) is 6.08. The van der Waals surface area contributed by atoms with Gasteiger partial charge in [0.2, 0.25) is 5.91 Å². The first-order valence-electron chi connectivity index (χ1n) is 5.91. The second-order valence-corrected chi connectivity index (χ2v) is 6.08. The van der Waals surface area contributed by atoms with Crippen LogP contribution < -0.4 is 5.32 Å². The second kappa shape index (κ2) is 4.34. The third kappa shape index (κ3) is 2.95. The van der Waals surface area contributed by atoms with E-state index in [9.17, 15) is 10.0 Å². The van der Waals surface area contributed by atoms with Crippen LogP contribution >= 0.6 is 0 Å². The van der Waals surface area contributed by atoms with Gasteiger partial charge in [-0.15, -0.1) is 0 Å². The summed E-state index contributed by atoms with van der Waals surface area (Å²) < 4.78 is 0. The highest BCUT2D eigenvalue weighted by molar-refractivity contribution is 5.73. The Morgan fingerprint density at radius 2 is 1.88 bits per heavy atom. The Morgan fingerprint density at radius 1 is 1.31 bits per heavy atom. The number of rotatable bonds is 1. The predicted molar refractivity (Wildman–Crippen MR) is 63.2 cm³/mol. The topological polar surface area (TPSA) is 52.6 Å². The van der Waals surface area contributed by atoms with Gasteiger partial charge in [-0.05, 0) is 47.0 Å². The Labute approximate surface area is 98.0 Å². The normalized spacial score (nSPS) is 29.5. The van der Waals surface area contributed by atoms with Crippen molar-refractivity contribution in [1.29, 1.82) is 0 Å². The van der Waals surface area contributed by atoms with Crippen molar-refractivity contribution in [3.63, 3.8) is 0 Å². The van der Waals surface area contributed by atoms with Gasteiger partial charge < -0.3 is 10.5 Å². The van der Waals surface area contributed by atoms with E-state index in [4.69, 9.17) is 0 Å². The third-order valence-electron chi connectivity index (χ3n) is 3.40. The highest BCUT2D eigenvalue weighted by Crippen LogP contribution is 2.34. The third-order valence-corrected chi connectivity index (χ3v) is 3.40. The van der Waals surface area contributed by atoms with Gasteiger partial charge in [-0.1, -0.05) is 0 Å². The molecule has 1 fully saturated rings. The number of hydrogen-bond donors (Lipinski definition) is 2. The molecular weight excluding hydrogens is 204 g/mol. The Morgan fingerprint density at radius 3 is 2.38 bits per heavy atom. The summed E-state index contributed by atoms with van der Waals surface area (Å²) >= 11 is 0. The Hall–Kier alpha value is -0.610. The summed E-state index contributed by atoms with van der Waals surface area (Å²) in [4.78, 5) is 11.1. The molecule has 1 heterocycles. The summed E-state index contributed by atoms with van der Waals surface area (Å²) in [5.41, 5.74) is -0.552. The summed E-state index contributed by atoms with van der Waals surface area (Å²) in [5.74, 6) is 0.00463. The first kappa shape index (κ1) is 13.5. The molecule has 1 amide bonds. The monoisotopic (exact) mass is 228 g/mol. The Kier molecular flexibility index (Phi) is 3.65. The molecule has 0 radical (unpaired) electrons. The Bertz CT molecular complexity index is 274. The van der Waals surface area contributed by atoms with E-state index in [1.807, 2.05) is 27.7 Å². The summed E-state index contributed by atoms with van der Waals surface area (Å²) in [6.07, 6.45) is 2.55. The number of nitrogens with zero attached hydrogens (tertiary/aromatic N) is 1. The maximum Gasteiger partial charge on any atom is 0.217 e. The lowest BCUT2D eigenvalue weighted by Crippen LogP contribution is -2.53. The van der Waals surface area contributed by atoms with Gasteiger partial charge in [0.25, 0.3) is 0 Å².